The van der Waals surface area contributed by atoms with Crippen molar-refractivity contribution in [1.29, 1.82) is 0 Å². The fourth-order valence-electron chi connectivity index (χ4n) is 3.52. The van der Waals surface area contributed by atoms with Gasteiger partial charge >= 0.3 is 0 Å². The number of anilines is 1. The first-order chi connectivity index (χ1) is 12.8. The number of hydrogen-bond acceptors (Lipinski definition) is 6. The Morgan fingerprint density at radius 3 is 2.77 bits per heavy atom. The van der Waals surface area contributed by atoms with Gasteiger partial charge in [-0.3, -0.25) is 9.78 Å². The topological polar surface area (TPSA) is 71.5 Å². The van der Waals surface area contributed by atoms with Gasteiger partial charge in [0.1, 0.15) is 23.9 Å². The lowest BCUT2D eigenvalue weighted by atomic mass is 10.1. The molecule has 7 nitrogen and oxygen atoms in total. The molecule has 26 heavy (non-hydrogen) atoms. The molecule has 2 aliphatic rings. The van der Waals surface area contributed by atoms with Crippen LogP contribution in [0.2, 0.25) is 0 Å². The average Bonchev–Trinajstić information content (AvgIpc) is 3.17. The second kappa shape index (κ2) is 7.68. The third-order valence-electron chi connectivity index (χ3n) is 4.91. The molecule has 0 aliphatic carbocycles. The maximum atomic E-state index is 12.5. The second-order valence-electron chi connectivity index (χ2n) is 6.76. The van der Waals surface area contributed by atoms with Gasteiger partial charge in [-0.1, -0.05) is 6.07 Å². The maximum absolute atomic E-state index is 12.5. The summed E-state index contributed by atoms with van der Waals surface area (Å²) in [5.74, 6) is 1.46. The van der Waals surface area contributed by atoms with E-state index in [4.69, 9.17) is 4.74 Å². The van der Waals surface area contributed by atoms with E-state index in [2.05, 4.69) is 19.9 Å². The molecule has 0 unspecified atom stereocenters. The molecule has 0 aromatic carbocycles. The number of rotatable bonds is 4. The van der Waals surface area contributed by atoms with E-state index < -0.39 is 0 Å². The third-order valence-corrected chi connectivity index (χ3v) is 4.91. The Bertz CT molecular complexity index is 749. The minimum Gasteiger partial charge on any atom is -0.472 e. The van der Waals surface area contributed by atoms with Crippen molar-refractivity contribution in [2.45, 2.75) is 31.8 Å². The summed E-state index contributed by atoms with van der Waals surface area (Å²) in [6, 6.07) is 7.29. The van der Waals surface area contributed by atoms with Crippen LogP contribution < -0.4 is 9.64 Å². The van der Waals surface area contributed by atoms with Gasteiger partial charge in [-0.25, -0.2) is 9.97 Å². The molecule has 2 fully saturated rings. The zero-order chi connectivity index (χ0) is 17.8. The van der Waals surface area contributed by atoms with Gasteiger partial charge in [0.15, 0.2) is 0 Å². The first-order valence-electron chi connectivity index (χ1n) is 9.23. The number of nitrogens with zero attached hydrogens (tertiary/aromatic N) is 5. The van der Waals surface area contributed by atoms with Crippen molar-refractivity contribution in [2.24, 2.45) is 0 Å². The summed E-state index contributed by atoms with van der Waals surface area (Å²) < 4.78 is 6.03. The van der Waals surface area contributed by atoms with Gasteiger partial charge in [-0.05, 0) is 31.4 Å². The van der Waals surface area contributed by atoms with Crippen LogP contribution in [0.25, 0.3) is 0 Å². The zero-order valence-corrected chi connectivity index (χ0v) is 14.8. The SMILES string of the molecule is O=C(c1ccccn1)N1CC[C@@H](Oc2cc(N3CCCCC3)ncn2)C1. The summed E-state index contributed by atoms with van der Waals surface area (Å²) in [4.78, 5) is 29.3. The number of pyridine rings is 1. The molecule has 4 rings (SSSR count). The highest BCUT2D eigenvalue weighted by Crippen LogP contribution is 2.23. The second-order valence-corrected chi connectivity index (χ2v) is 6.76. The molecule has 0 saturated carbocycles. The number of likely N-dealkylation sites (tertiary alicyclic amines) is 1. The fourth-order valence-corrected chi connectivity index (χ4v) is 3.52. The highest BCUT2D eigenvalue weighted by atomic mass is 16.5. The number of carbonyl (C=O) groups is 1. The summed E-state index contributed by atoms with van der Waals surface area (Å²) in [6.45, 7) is 3.29. The number of hydrogen-bond donors (Lipinski definition) is 0. The van der Waals surface area contributed by atoms with E-state index in [1.54, 1.807) is 23.5 Å². The molecule has 136 valence electrons. The van der Waals surface area contributed by atoms with Gasteiger partial charge in [-0.15, -0.1) is 0 Å². The van der Waals surface area contributed by atoms with Crippen molar-refractivity contribution in [3.8, 4) is 5.88 Å². The van der Waals surface area contributed by atoms with Crippen LogP contribution in [0.5, 0.6) is 5.88 Å². The molecule has 2 saturated heterocycles. The maximum Gasteiger partial charge on any atom is 0.272 e. The van der Waals surface area contributed by atoms with E-state index in [0.29, 0.717) is 24.7 Å². The molecule has 7 heteroatoms. The highest BCUT2D eigenvalue weighted by molar-refractivity contribution is 5.92. The molecule has 2 aromatic rings. The molecule has 1 amide bonds. The Balaban J connectivity index is 1.37. The Kier molecular flexibility index (Phi) is 4.95. The summed E-state index contributed by atoms with van der Waals surface area (Å²) in [7, 11) is 0. The van der Waals surface area contributed by atoms with Crippen LogP contribution in [0.3, 0.4) is 0 Å². The molecule has 2 aromatic heterocycles. The van der Waals surface area contributed by atoms with Crippen molar-refractivity contribution in [3.63, 3.8) is 0 Å². The minimum absolute atomic E-state index is 0.0478. The average molecular weight is 353 g/mol. The number of aromatic nitrogens is 3. The van der Waals surface area contributed by atoms with Crippen molar-refractivity contribution in [3.05, 3.63) is 42.5 Å². The summed E-state index contributed by atoms with van der Waals surface area (Å²) in [5.41, 5.74) is 0.475. The summed E-state index contributed by atoms with van der Waals surface area (Å²) in [5, 5.41) is 0. The van der Waals surface area contributed by atoms with Gasteiger partial charge in [-0.2, -0.15) is 0 Å². The molecule has 4 heterocycles. The normalized spacial score (nSPS) is 20.2. The number of piperidine rings is 1. The van der Waals surface area contributed by atoms with Crippen molar-refractivity contribution in [1.82, 2.24) is 19.9 Å². The smallest absolute Gasteiger partial charge is 0.272 e. The lowest BCUT2D eigenvalue weighted by Crippen LogP contribution is -2.32. The molecule has 0 bridgehead atoms. The highest BCUT2D eigenvalue weighted by Gasteiger charge is 2.29. The molecule has 0 spiro atoms. The zero-order valence-electron chi connectivity index (χ0n) is 14.8. The largest absolute Gasteiger partial charge is 0.472 e. The van der Waals surface area contributed by atoms with Crippen molar-refractivity contribution < 1.29 is 9.53 Å². The minimum atomic E-state index is -0.0493. The van der Waals surface area contributed by atoms with E-state index in [1.807, 2.05) is 18.2 Å². The lowest BCUT2D eigenvalue weighted by molar-refractivity contribution is 0.0765. The number of amides is 1. The van der Waals surface area contributed by atoms with Crippen LogP contribution in [0, 0.1) is 0 Å². The Hall–Kier alpha value is -2.70. The van der Waals surface area contributed by atoms with Gasteiger partial charge in [0.2, 0.25) is 5.88 Å². The molecule has 0 N–H and O–H groups in total. The quantitative estimate of drug-likeness (QED) is 0.839. The number of carbonyl (C=O) groups excluding carboxylic acids is 1. The van der Waals surface area contributed by atoms with Crippen molar-refractivity contribution in [2.75, 3.05) is 31.1 Å². The lowest BCUT2D eigenvalue weighted by Gasteiger charge is -2.27. The van der Waals surface area contributed by atoms with Gasteiger partial charge in [0.25, 0.3) is 5.91 Å². The van der Waals surface area contributed by atoms with E-state index in [1.165, 1.54) is 19.3 Å². The van der Waals surface area contributed by atoms with Crippen LogP contribution in [-0.2, 0) is 0 Å². The van der Waals surface area contributed by atoms with Gasteiger partial charge < -0.3 is 14.5 Å². The fraction of sp³-hybridized carbons (Fsp3) is 0.474. The summed E-state index contributed by atoms with van der Waals surface area (Å²) in [6.07, 6.45) is 7.63. The van der Waals surface area contributed by atoms with Crippen LogP contribution in [0.15, 0.2) is 36.8 Å². The third kappa shape index (κ3) is 3.76. The van der Waals surface area contributed by atoms with Crippen LogP contribution in [-0.4, -0.2) is 58.0 Å². The van der Waals surface area contributed by atoms with Crippen LogP contribution in [0.1, 0.15) is 36.2 Å². The summed E-state index contributed by atoms with van der Waals surface area (Å²) >= 11 is 0. The number of ether oxygens (including phenoxy) is 1. The Morgan fingerprint density at radius 2 is 1.96 bits per heavy atom. The van der Waals surface area contributed by atoms with E-state index in [0.717, 1.165) is 25.3 Å². The molecule has 2 aliphatic heterocycles. The standard InChI is InChI=1S/C19H23N5O2/c25-19(16-6-2-3-8-20-16)24-11-7-15(13-24)26-18-12-17(21-14-22-18)23-9-4-1-5-10-23/h2-3,6,8,12,14-15H,1,4-5,7,9-11,13H2/t15-/m1/s1. The van der Waals surface area contributed by atoms with Crippen LogP contribution >= 0.6 is 0 Å². The monoisotopic (exact) mass is 353 g/mol. The first-order valence-corrected chi connectivity index (χ1v) is 9.23. The van der Waals surface area contributed by atoms with Crippen LogP contribution in [0.4, 0.5) is 5.82 Å². The van der Waals surface area contributed by atoms with E-state index in [-0.39, 0.29) is 12.0 Å². The molecular formula is C19H23N5O2. The predicted octanol–water partition coefficient (Wildman–Crippen LogP) is 2.16. The predicted molar refractivity (Wildman–Crippen MR) is 97.3 cm³/mol. The molecule has 1 atom stereocenters. The van der Waals surface area contributed by atoms with E-state index >= 15 is 0 Å². The van der Waals surface area contributed by atoms with Gasteiger partial charge in [0, 0.05) is 38.3 Å². The first kappa shape index (κ1) is 16.8. The van der Waals surface area contributed by atoms with E-state index in [9.17, 15) is 4.79 Å². The molecule has 0 radical (unpaired) electrons. The van der Waals surface area contributed by atoms with Crippen molar-refractivity contribution >= 4 is 11.7 Å². The Labute approximate surface area is 153 Å². The molecular weight excluding hydrogens is 330 g/mol. The Morgan fingerprint density at radius 1 is 1.08 bits per heavy atom. The van der Waals surface area contributed by atoms with Gasteiger partial charge in [0.05, 0.1) is 6.54 Å².